The van der Waals surface area contributed by atoms with Gasteiger partial charge >= 0.3 is 5.97 Å². The average molecular weight is 485 g/mol. The maximum atomic E-state index is 13.2. The maximum absolute atomic E-state index is 13.2. The van der Waals surface area contributed by atoms with Crippen molar-refractivity contribution in [1.82, 2.24) is 10.6 Å². The summed E-state index contributed by atoms with van der Waals surface area (Å²) in [4.78, 5) is 26.3. The minimum atomic E-state index is -0.842. The predicted octanol–water partition coefficient (Wildman–Crippen LogP) is 2.88. The highest BCUT2D eigenvalue weighted by molar-refractivity contribution is 5.86. The van der Waals surface area contributed by atoms with E-state index in [9.17, 15) is 9.59 Å². The Kier molecular flexibility index (Phi) is 9.93. The summed E-state index contributed by atoms with van der Waals surface area (Å²) in [7, 11) is 4.74. The molecular weight excluding hydrogens is 448 g/mol. The van der Waals surface area contributed by atoms with Gasteiger partial charge in [-0.2, -0.15) is 0 Å². The van der Waals surface area contributed by atoms with E-state index in [1.165, 1.54) is 0 Å². The van der Waals surface area contributed by atoms with Gasteiger partial charge in [0.05, 0.1) is 26.2 Å². The molecule has 1 aliphatic heterocycles. The van der Waals surface area contributed by atoms with E-state index < -0.39 is 17.9 Å². The largest absolute Gasteiger partial charge is 0.497 e. The molecular formula is C27H36N2O6. The van der Waals surface area contributed by atoms with Crippen LogP contribution in [0.5, 0.6) is 11.5 Å². The van der Waals surface area contributed by atoms with Crippen LogP contribution in [-0.2, 0) is 32.1 Å². The second kappa shape index (κ2) is 13.1. The second-order valence-electron chi connectivity index (χ2n) is 8.73. The summed E-state index contributed by atoms with van der Waals surface area (Å²) in [5.41, 5.74) is 1.62. The van der Waals surface area contributed by atoms with Crippen LogP contribution in [0, 0.1) is 5.92 Å². The summed E-state index contributed by atoms with van der Waals surface area (Å²) in [5.74, 6) is 0.0000423. The fourth-order valence-electron chi connectivity index (χ4n) is 4.42. The summed E-state index contributed by atoms with van der Waals surface area (Å²) in [5, 5.41) is 6.31. The van der Waals surface area contributed by atoms with Gasteiger partial charge in [0.2, 0.25) is 5.91 Å². The molecule has 2 N–H and O–H groups in total. The van der Waals surface area contributed by atoms with Gasteiger partial charge in [0, 0.05) is 31.2 Å². The Morgan fingerprint density at radius 2 is 1.86 bits per heavy atom. The van der Waals surface area contributed by atoms with Gasteiger partial charge in [0.25, 0.3) is 0 Å². The molecule has 0 aromatic heterocycles. The number of amides is 1. The molecule has 1 aliphatic rings. The minimum absolute atomic E-state index is 0.00933. The van der Waals surface area contributed by atoms with Crippen LogP contribution in [0.2, 0.25) is 0 Å². The lowest BCUT2D eigenvalue weighted by atomic mass is 9.95. The topological polar surface area (TPSA) is 95.1 Å². The Bertz CT molecular complexity index is 961. The van der Waals surface area contributed by atoms with Gasteiger partial charge in [-0.1, -0.05) is 37.3 Å². The lowest BCUT2D eigenvalue weighted by molar-refractivity contribution is -0.150. The van der Waals surface area contributed by atoms with Gasteiger partial charge in [-0.25, -0.2) is 4.79 Å². The van der Waals surface area contributed by atoms with Gasteiger partial charge in [-0.3, -0.25) is 4.79 Å². The third-order valence-corrected chi connectivity index (χ3v) is 6.42. The molecule has 1 fully saturated rings. The number of esters is 1. The normalized spacial score (nSPS) is 17.8. The lowest BCUT2D eigenvalue weighted by Crippen LogP contribution is -2.51. The first kappa shape index (κ1) is 26.5. The molecule has 4 atom stereocenters. The number of rotatable bonds is 12. The van der Waals surface area contributed by atoms with Gasteiger partial charge in [-0.15, -0.1) is 0 Å². The number of benzene rings is 2. The van der Waals surface area contributed by atoms with Crippen LogP contribution in [0.1, 0.15) is 30.9 Å². The first-order valence-electron chi connectivity index (χ1n) is 11.9. The van der Waals surface area contributed by atoms with Crippen molar-refractivity contribution in [1.29, 1.82) is 0 Å². The molecule has 0 saturated carbocycles. The molecule has 3 rings (SSSR count). The van der Waals surface area contributed by atoms with Crippen molar-refractivity contribution in [2.45, 2.75) is 51.0 Å². The average Bonchev–Trinajstić information content (AvgIpc) is 3.42. The van der Waals surface area contributed by atoms with Gasteiger partial charge in [0.1, 0.15) is 24.1 Å². The van der Waals surface area contributed by atoms with Crippen molar-refractivity contribution in [3.8, 4) is 11.5 Å². The van der Waals surface area contributed by atoms with E-state index in [4.69, 9.17) is 18.9 Å². The van der Waals surface area contributed by atoms with Crippen molar-refractivity contribution in [3.63, 3.8) is 0 Å². The highest BCUT2D eigenvalue weighted by Crippen LogP contribution is 2.25. The van der Waals surface area contributed by atoms with Gasteiger partial charge in [0.15, 0.2) is 0 Å². The zero-order valence-corrected chi connectivity index (χ0v) is 20.9. The van der Waals surface area contributed by atoms with Crippen molar-refractivity contribution in [2.75, 3.05) is 27.9 Å². The molecule has 2 aromatic rings. The standard InChI is InChI=1S/C27H36N2O6/c1-18(25(34-4)22-11-8-14-28-22)26(30)29-23(15-19-9-6-5-7-10-19)27(31)35-17-20-12-13-21(32-2)16-24(20)33-3/h5-7,9-10,12-13,16,18,22-23,25,28H,8,11,14-15,17H2,1-4H3,(H,29,30). The van der Waals surface area contributed by atoms with Crippen LogP contribution in [0.15, 0.2) is 48.5 Å². The SMILES string of the molecule is COc1ccc(COC(=O)C(Cc2ccccc2)NC(=O)C(C)C(OC)C2CCCN2)c(OC)c1. The molecule has 0 aliphatic carbocycles. The first-order valence-corrected chi connectivity index (χ1v) is 11.9. The molecule has 8 heteroatoms. The highest BCUT2D eigenvalue weighted by atomic mass is 16.5. The quantitative estimate of drug-likeness (QED) is 0.447. The van der Waals surface area contributed by atoms with Crippen LogP contribution in [0.3, 0.4) is 0 Å². The van der Waals surface area contributed by atoms with Gasteiger partial charge < -0.3 is 29.6 Å². The van der Waals surface area contributed by atoms with E-state index in [1.54, 1.807) is 39.5 Å². The molecule has 35 heavy (non-hydrogen) atoms. The molecule has 190 valence electrons. The molecule has 2 aromatic carbocycles. The van der Waals surface area contributed by atoms with E-state index in [2.05, 4.69) is 10.6 Å². The lowest BCUT2D eigenvalue weighted by Gasteiger charge is -2.29. The Morgan fingerprint density at radius 1 is 1.09 bits per heavy atom. The molecule has 1 saturated heterocycles. The number of hydrogen-bond acceptors (Lipinski definition) is 7. The summed E-state index contributed by atoms with van der Waals surface area (Å²) in [6, 6.07) is 14.1. The van der Waals surface area contributed by atoms with Gasteiger partial charge in [-0.05, 0) is 37.1 Å². The van der Waals surface area contributed by atoms with E-state index in [0.717, 1.165) is 24.9 Å². The smallest absolute Gasteiger partial charge is 0.329 e. The third kappa shape index (κ3) is 7.19. The monoisotopic (exact) mass is 484 g/mol. The number of ether oxygens (including phenoxy) is 4. The molecule has 0 spiro atoms. The zero-order valence-electron chi connectivity index (χ0n) is 20.9. The second-order valence-corrected chi connectivity index (χ2v) is 8.73. The van der Waals surface area contributed by atoms with Crippen molar-refractivity contribution >= 4 is 11.9 Å². The Balaban J connectivity index is 1.71. The van der Waals surface area contributed by atoms with Crippen molar-refractivity contribution in [2.24, 2.45) is 5.92 Å². The fourth-order valence-corrected chi connectivity index (χ4v) is 4.42. The van der Waals surface area contributed by atoms with Crippen molar-refractivity contribution in [3.05, 3.63) is 59.7 Å². The molecule has 0 bridgehead atoms. The summed E-state index contributed by atoms with van der Waals surface area (Å²) in [6.07, 6.45) is 2.04. The summed E-state index contributed by atoms with van der Waals surface area (Å²) < 4.78 is 21.9. The van der Waals surface area contributed by atoms with Crippen LogP contribution in [-0.4, -0.2) is 57.9 Å². The Hall–Kier alpha value is -3.10. The fraction of sp³-hybridized carbons (Fsp3) is 0.481. The molecule has 8 nitrogen and oxygen atoms in total. The Morgan fingerprint density at radius 3 is 2.49 bits per heavy atom. The highest BCUT2D eigenvalue weighted by Gasteiger charge is 2.35. The van der Waals surface area contributed by atoms with Crippen LogP contribution >= 0.6 is 0 Å². The molecule has 4 unspecified atom stereocenters. The van der Waals surface area contributed by atoms with Crippen LogP contribution in [0.25, 0.3) is 0 Å². The molecule has 1 heterocycles. The first-order chi connectivity index (χ1) is 17.0. The Labute approximate surface area is 207 Å². The molecule has 0 radical (unpaired) electrons. The predicted molar refractivity (Wildman–Crippen MR) is 132 cm³/mol. The number of carbonyl (C=O) groups is 2. The number of methoxy groups -OCH3 is 3. The summed E-state index contributed by atoms with van der Waals surface area (Å²) >= 11 is 0. The van der Waals surface area contributed by atoms with E-state index in [-0.39, 0.29) is 24.7 Å². The maximum Gasteiger partial charge on any atom is 0.329 e. The van der Waals surface area contributed by atoms with Crippen molar-refractivity contribution < 1.29 is 28.5 Å². The van der Waals surface area contributed by atoms with Crippen LogP contribution in [0.4, 0.5) is 0 Å². The van der Waals surface area contributed by atoms with E-state index >= 15 is 0 Å². The minimum Gasteiger partial charge on any atom is -0.497 e. The third-order valence-electron chi connectivity index (χ3n) is 6.42. The zero-order chi connectivity index (χ0) is 25.2. The summed E-state index contributed by atoms with van der Waals surface area (Å²) in [6.45, 7) is 2.75. The number of carbonyl (C=O) groups excluding carboxylic acids is 2. The van der Waals surface area contributed by atoms with Crippen LogP contribution < -0.4 is 20.1 Å². The van der Waals surface area contributed by atoms with E-state index in [0.29, 0.717) is 23.5 Å². The molecule has 1 amide bonds. The van der Waals surface area contributed by atoms with E-state index in [1.807, 2.05) is 37.3 Å². The number of hydrogen-bond donors (Lipinski definition) is 2. The number of nitrogens with one attached hydrogen (secondary N) is 2.